The van der Waals surface area contributed by atoms with E-state index in [0.717, 1.165) is 28.8 Å². The van der Waals surface area contributed by atoms with Crippen molar-refractivity contribution in [1.29, 1.82) is 0 Å². The van der Waals surface area contributed by atoms with Crippen LogP contribution >= 0.6 is 15.9 Å². The fourth-order valence-electron chi connectivity index (χ4n) is 1.91. The highest BCUT2D eigenvalue weighted by atomic mass is 79.9. The summed E-state index contributed by atoms with van der Waals surface area (Å²) in [6.45, 7) is 2.95. The third-order valence-electron chi connectivity index (χ3n) is 2.93. The molecule has 0 atom stereocenters. The number of benzene rings is 2. The van der Waals surface area contributed by atoms with E-state index in [1.807, 2.05) is 12.1 Å². The van der Waals surface area contributed by atoms with Gasteiger partial charge >= 0.3 is 0 Å². The highest BCUT2D eigenvalue weighted by molar-refractivity contribution is 9.10. The molecule has 0 aliphatic rings. The molecule has 2 nitrogen and oxygen atoms in total. The number of hydrogen-bond donors (Lipinski definition) is 2. The number of aryl methyl sites for hydroxylation is 1. The van der Waals surface area contributed by atoms with Gasteiger partial charge in [0.15, 0.2) is 0 Å². The van der Waals surface area contributed by atoms with E-state index in [1.54, 1.807) is 0 Å². The fourth-order valence-corrected chi connectivity index (χ4v) is 2.18. The van der Waals surface area contributed by atoms with Crippen molar-refractivity contribution in [2.45, 2.75) is 13.3 Å². The van der Waals surface area contributed by atoms with Gasteiger partial charge in [-0.05, 0) is 42.7 Å². The highest BCUT2D eigenvalue weighted by Crippen LogP contribution is 2.22. The number of anilines is 2. The third-order valence-corrected chi connectivity index (χ3v) is 3.46. The summed E-state index contributed by atoms with van der Waals surface area (Å²) in [5.74, 6) is 0. The summed E-state index contributed by atoms with van der Waals surface area (Å²) in [6.07, 6.45) is 0.987. The molecule has 0 heterocycles. The van der Waals surface area contributed by atoms with E-state index in [1.165, 1.54) is 11.1 Å². The molecular weight excluding hydrogens is 288 g/mol. The number of rotatable bonds is 4. The van der Waals surface area contributed by atoms with Gasteiger partial charge in [0, 0.05) is 11.0 Å². The number of nitrogens with two attached hydrogens (primary N) is 1. The largest absolute Gasteiger partial charge is 0.397 e. The third kappa shape index (κ3) is 3.26. The molecule has 2 aromatic rings. The van der Waals surface area contributed by atoms with Gasteiger partial charge in [0.25, 0.3) is 0 Å². The predicted molar refractivity (Wildman–Crippen MR) is 81.9 cm³/mol. The zero-order valence-corrected chi connectivity index (χ0v) is 12.0. The first-order valence-corrected chi connectivity index (χ1v) is 6.79. The maximum atomic E-state index is 5.95. The van der Waals surface area contributed by atoms with Crippen molar-refractivity contribution in [3.63, 3.8) is 0 Å². The second-order valence-electron chi connectivity index (χ2n) is 4.34. The van der Waals surface area contributed by atoms with Crippen LogP contribution in [0.15, 0.2) is 46.9 Å². The molecule has 0 aliphatic carbocycles. The first-order chi connectivity index (χ1) is 8.66. The summed E-state index contributed by atoms with van der Waals surface area (Å²) in [5.41, 5.74) is 10.3. The van der Waals surface area contributed by atoms with E-state index in [9.17, 15) is 0 Å². The number of nitrogen functional groups attached to an aromatic ring is 1. The lowest BCUT2D eigenvalue weighted by molar-refractivity contribution is 1.02. The van der Waals surface area contributed by atoms with Gasteiger partial charge in [-0.1, -0.05) is 40.2 Å². The molecule has 0 amide bonds. The Bertz CT molecular complexity index is 500. The molecule has 18 heavy (non-hydrogen) atoms. The lowest BCUT2D eigenvalue weighted by Crippen LogP contribution is -2.08. The Labute approximate surface area is 116 Å². The van der Waals surface area contributed by atoms with Gasteiger partial charge in [0.1, 0.15) is 0 Å². The van der Waals surface area contributed by atoms with E-state index < -0.39 is 0 Å². The van der Waals surface area contributed by atoms with Gasteiger partial charge in [-0.25, -0.2) is 0 Å². The number of halogens is 1. The summed E-state index contributed by atoms with van der Waals surface area (Å²) < 4.78 is 1.11. The summed E-state index contributed by atoms with van der Waals surface area (Å²) in [6, 6.07) is 14.4. The van der Waals surface area contributed by atoms with Crippen molar-refractivity contribution in [2.75, 3.05) is 17.6 Å². The smallest absolute Gasteiger partial charge is 0.0603 e. The zero-order valence-electron chi connectivity index (χ0n) is 10.4. The second kappa shape index (κ2) is 5.91. The minimum Gasteiger partial charge on any atom is -0.397 e. The molecule has 0 aromatic heterocycles. The van der Waals surface area contributed by atoms with Gasteiger partial charge in [-0.15, -0.1) is 0 Å². The summed E-state index contributed by atoms with van der Waals surface area (Å²) in [4.78, 5) is 0. The number of hydrogen-bond acceptors (Lipinski definition) is 2. The minimum atomic E-state index is 0.811. The Morgan fingerprint density at radius 2 is 1.83 bits per heavy atom. The molecule has 3 heteroatoms. The van der Waals surface area contributed by atoms with Crippen molar-refractivity contribution in [2.24, 2.45) is 0 Å². The van der Waals surface area contributed by atoms with Crippen LogP contribution < -0.4 is 11.1 Å². The maximum Gasteiger partial charge on any atom is 0.0603 e. The molecule has 2 aromatic carbocycles. The Balaban J connectivity index is 1.94. The van der Waals surface area contributed by atoms with Crippen LogP contribution in [0.1, 0.15) is 11.1 Å². The Morgan fingerprint density at radius 1 is 1.11 bits per heavy atom. The molecule has 94 valence electrons. The minimum absolute atomic E-state index is 0.811. The molecule has 0 bridgehead atoms. The monoisotopic (exact) mass is 304 g/mol. The average molecular weight is 305 g/mol. The van der Waals surface area contributed by atoms with E-state index >= 15 is 0 Å². The predicted octanol–water partition coefficient (Wildman–Crippen LogP) is 3.99. The average Bonchev–Trinajstić information content (AvgIpc) is 2.35. The fraction of sp³-hybridized carbons (Fsp3) is 0.200. The van der Waals surface area contributed by atoms with Gasteiger partial charge in [0.2, 0.25) is 0 Å². The summed E-state index contributed by atoms with van der Waals surface area (Å²) >= 11 is 3.44. The maximum absolute atomic E-state index is 5.95. The Kier molecular flexibility index (Phi) is 4.26. The summed E-state index contributed by atoms with van der Waals surface area (Å²) in [5, 5.41) is 3.41. The molecule has 2 rings (SSSR count). The molecule has 3 N–H and O–H groups in total. The zero-order chi connectivity index (χ0) is 13.0. The highest BCUT2D eigenvalue weighted by Gasteiger charge is 2.01. The van der Waals surface area contributed by atoms with Crippen molar-refractivity contribution in [3.8, 4) is 0 Å². The van der Waals surface area contributed by atoms with Crippen LogP contribution in [0.2, 0.25) is 0 Å². The molecular formula is C15H17BrN2. The van der Waals surface area contributed by atoms with Crippen molar-refractivity contribution < 1.29 is 0 Å². The van der Waals surface area contributed by atoms with Crippen LogP contribution in [0.3, 0.4) is 0 Å². The van der Waals surface area contributed by atoms with Crippen LogP contribution in [0.5, 0.6) is 0 Å². The second-order valence-corrected chi connectivity index (χ2v) is 5.26. The van der Waals surface area contributed by atoms with Gasteiger partial charge in [-0.2, -0.15) is 0 Å². The van der Waals surface area contributed by atoms with Crippen molar-refractivity contribution >= 4 is 27.3 Å². The number of nitrogens with one attached hydrogen (secondary N) is 1. The first-order valence-electron chi connectivity index (χ1n) is 6.00. The molecule has 0 fully saturated rings. The van der Waals surface area contributed by atoms with Crippen LogP contribution in [0.4, 0.5) is 11.4 Å². The van der Waals surface area contributed by atoms with Gasteiger partial charge in [-0.3, -0.25) is 0 Å². The summed E-state index contributed by atoms with van der Waals surface area (Å²) in [7, 11) is 0. The van der Waals surface area contributed by atoms with Crippen LogP contribution in [-0.2, 0) is 6.42 Å². The van der Waals surface area contributed by atoms with E-state index in [4.69, 9.17) is 5.73 Å². The first kappa shape index (κ1) is 13.0. The molecule has 0 unspecified atom stereocenters. The van der Waals surface area contributed by atoms with E-state index in [0.29, 0.717) is 0 Å². The van der Waals surface area contributed by atoms with Crippen molar-refractivity contribution in [1.82, 2.24) is 0 Å². The van der Waals surface area contributed by atoms with E-state index in [-0.39, 0.29) is 0 Å². The lowest BCUT2D eigenvalue weighted by Gasteiger charge is -2.12. The SMILES string of the molecule is Cc1cccc(N)c1NCCc1ccc(Br)cc1. The Morgan fingerprint density at radius 3 is 2.50 bits per heavy atom. The molecule has 0 aliphatic heterocycles. The topological polar surface area (TPSA) is 38.0 Å². The molecule has 0 saturated heterocycles. The van der Waals surface area contributed by atoms with E-state index in [2.05, 4.69) is 58.5 Å². The quantitative estimate of drug-likeness (QED) is 0.838. The van der Waals surface area contributed by atoms with Crippen LogP contribution in [0.25, 0.3) is 0 Å². The van der Waals surface area contributed by atoms with Gasteiger partial charge in [0.05, 0.1) is 11.4 Å². The lowest BCUT2D eigenvalue weighted by atomic mass is 10.1. The molecule has 0 spiro atoms. The van der Waals surface area contributed by atoms with Crippen LogP contribution in [-0.4, -0.2) is 6.54 Å². The normalized spacial score (nSPS) is 10.3. The standard InChI is InChI=1S/C15H17BrN2/c1-11-3-2-4-14(17)15(11)18-10-9-12-5-7-13(16)8-6-12/h2-8,18H,9-10,17H2,1H3. The number of para-hydroxylation sites is 1. The van der Waals surface area contributed by atoms with Crippen molar-refractivity contribution in [3.05, 3.63) is 58.1 Å². The Hall–Kier alpha value is -1.48. The molecule has 0 saturated carbocycles. The van der Waals surface area contributed by atoms with Gasteiger partial charge < -0.3 is 11.1 Å². The van der Waals surface area contributed by atoms with Crippen LogP contribution in [0, 0.1) is 6.92 Å². The molecule has 0 radical (unpaired) electrons.